The van der Waals surface area contributed by atoms with Crippen LogP contribution in [-0.2, 0) is 14.8 Å². The maximum Gasteiger partial charge on any atom is 0.321 e. The fraction of sp³-hybridized carbons (Fsp3) is 0.133. The Labute approximate surface area is 133 Å². The van der Waals surface area contributed by atoms with Crippen LogP contribution < -0.4 is 4.72 Å². The highest BCUT2D eigenvalue weighted by Gasteiger charge is 2.21. The second-order valence-electron chi connectivity index (χ2n) is 4.71. The van der Waals surface area contributed by atoms with Crippen LogP contribution in [0, 0.1) is 0 Å². The van der Waals surface area contributed by atoms with Gasteiger partial charge in [0.15, 0.2) is 0 Å². The van der Waals surface area contributed by atoms with Gasteiger partial charge in [-0.2, -0.15) is 4.72 Å². The van der Waals surface area contributed by atoms with Crippen molar-refractivity contribution in [2.24, 2.45) is 0 Å². The largest absolute Gasteiger partial charge is 0.480 e. The lowest BCUT2D eigenvalue weighted by molar-refractivity contribution is -0.138. The summed E-state index contributed by atoms with van der Waals surface area (Å²) in [5.74, 6) is -1.23. The van der Waals surface area contributed by atoms with E-state index in [1.807, 2.05) is 12.1 Å². The molecular formula is C15H14ClNO4S. The van der Waals surface area contributed by atoms with E-state index in [0.717, 1.165) is 11.1 Å². The van der Waals surface area contributed by atoms with Crippen LogP contribution in [0.5, 0.6) is 0 Å². The van der Waals surface area contributed by atoms with E-state index in [0.29, 0.717) is 5.02 Å². The van der Waals surface area contributed by atoms with Crippen LogP contribution in [0.2, 0.25) is 5.02 Å². The summed E-state index contributed by atoms with van der Waals surface area (Å²) < 4.78 is 26.2. The molecular weight excluding hydrogens is 326 g/mol. The van der Waals surface area contributed by atoms with Crippen LogP contribution in [0.25, 0.3) is 11.1 Å². The van der Waals surface area contributed by atoms with Gasteiger partial charge in [-0.15, -0.1) is 0 Å². The third kappa shape index (κ3) is 3.85. The van der Waals surface area contributed by atoms with E-state index in [2.05, 4.69) is 4.72 Å². The van der Waals surface area contributed by atoms with E-state index in [1.165, 1.54) is 19.1 Å². The maximum atomic E-state index is 12.0. The second-order valence-corrected chi connectivity index (χ2v) is 6.86. The maximum absolute atomic E-state index is 12.0. The first kappa shape index (κ1) is 16.5. The van der Waals surface area contributed by atoms with Crippen LogP contribution in [0.1, 0.15) is 6.92 Å². The topological polar surface area (TPSA) is 83.5 Å². The lowest BCUT2D eigenvalue weighted by Crippen LogP contribution is -2.38. The van der Waals surface area contributed by atoms with Gasteiger partial charge in [0.1, 0.15) is 6.04 Å². The summed E-state index contributed by atoms with van der Waals surface area (Å²) in [6.07, 6.45) is 0. The molecule has 0 spiro atoms. The summed E-state index contributed by atoms with van der Waals surface area (Å²) in [6.45, 7) is 1.27. The number of halogens is 1. The van der Waals surface area contributed by atoms with Crippen LogP contribution in [-0.4, -0.2) is 25.5 Å². The van der Waals surface area contributed by atoms with E-state index < -0.39 is 22.0 Å². The van der Waals surface area contributed by atoms with Crippen LogP contribution >= 0.6 is 11.6 Å². The highest BCUT2D eigenvalue weighted by Crippen LogP contribution is 2.23. The molecule has 0 saturated carbocycles. The fourth-order valence-electron chi connectivity index (χ4n) is 1.82. The molecule has 116 valence electrons. The number of rotatable bonds is 5. The molecule has 0 aromatic heterocycles. The van der Waals surface area contributed by atoms with E-state index in [9.17, 15) is 13.2 Å². The van der Waals surface area contributed by atoms with E-state index in [4.69, 9.17) is 16.7 Å². The number of hydrogen-bond donors (Lipinski definition) is 2. The zero-order valence-corrected chi connectivity index (χ0v) is 13.2. The van der Waals surface area contributed by atoms with Gasteiger partial charge in [0.05, 0.1) is 4.90 Å². The molecule has 0 saturated heterocycles. The monoisotopic (exact) mass is 339 g/mol. The zero-order chi connectivity index (χ0) is 16.3. The Hall–Kier alpha value is -1.89. The fourth-order valence-corrected chi connectivity index (χ4v) is 3.14. The van der Waals surface area contributed by atoms with Gasteiger partial charge in [-0.3, -0.25) is 4.79 Å². The third-order valence-corrected chi connectivity index (χ3v) is 4.85. The third-order valence-electron chi connectivity index (χ3n) is 3.04. The van der Waals surface area contributed by atoms with Crippen molar-refractivity contribution in [3.63, 3.8) is 0 Å². The van der Waals surface area contributed by atoms with Crippen molar-refractivity contribution in [1.82, 2.24) is 4.72 Å². The van der Waals surface area contributed by atoms with Gasteiger partial charge in [-0.05, 0) is 42.3 Å². The zero-order valence-electron chi connectivity index (χ0n) is 11.7. The number of benzene rings is 2. The molecule has 5 nitrogen and oxygen atoms in total. The van der Waals surface area contributed by atoms with Gasteiger partial charge >= 0.3 is 5.97 Å². The number of carboxylic acids is 1. The molecule has 2 aromatic rings. The molecule has 22 heavy (non-hydrogen) atoms. The summed E-state index contributed by atoms with van der Waals surface area (Å²) >= 11 is 5.82. The number of carbonyl (C=O) groups is 1. The van der Waals surface area contributed by atoms with Gasteiger partial charge in [-0.1, -0.05) is 35.9 Å². The molecule has 0 aliphatic heterocycles. The van der Waals surface area contributed by atoms with Crippen molar-refractivity contribution in [3.8, 4) is 11.1 Å². The first-order valence-corrected chi connectivity index (χ1v) is 8.27. The molecule has 2 N–H and O–H groups in total. The first-order chi connectivity index (χ1) is 10.3. The average Bonchev–Trinajstić information content (AvgIpc) is 2.47. The molecule has 7 heteroatoms. The van der Waals surface area contributed by atoms with Crippen molar-refractivity contribution >= 4 is 27.6 Å². The average molecular weight is 340 g/mol. The molecule has 0 radical (unpaired) electrons. The molecule has 1 atom stereocenters. The predicted octanol–water partition coefficient (Wildman–Crippen LogP) is 2.76. The molecule has 0 aliphatic carbocycles. The summed E-state index contributed by atoms with van der Waals surface area (Å²) in [4.78, 5) is 10.7. The molecule has 2 rings (SSSR count). The number of carboxylic acid groups (broad SMARTS) is 1. The number of sulfonamides is 1. The SMILES string of the molecule is C[C@H](NS(=O)(=O)c1ccc(-c2ccc(Cl)cc2)cc1)C(=O)O. The molecule has 2 aromatic carbocycles. The lowest BCUT2D eigenvalue weighted by Gasteiger charge is -2.10. The van der Waals surface area contributed by atoms with Crippen molar-refractivity contribution in [1.29, 1.82) is 0 Å². The van der Waals surface area contributed by atoms with Crippen molar-refractivity contribution < 1.29 is 18.3 Å². The van der Waals surface area contributed by atoms with Gasteiger partial charge in [0.25, 0.3) is 0 Å². The number of hydrogen-bond acceptors (Lipinski definition) is 3. The van der Waals surface area contributed by atoms with E-state index in [1.54, 1.807) is 24.3 Å². The number of nitrogens with one attached hydrogen (secondary N) is 1. The van der Waals surface area contributed by atoms with E-state index >= 15 is 0 Å². The summed E-state index contributed by atoms with van der Waals surface area (Å²) in [6, 6.07) is 12.1. The highest BCUT2D eigenvalue weighted by molar-refractivity contribution is 7.89. The standard InChI is InChI=1S/C15H14ClNO4S/c1-10(15(18)19)17-22(20,21)14-8-4-12(5-9-14)11-2-6-13(16)7-3-11/h2-10,17H,1H3,(H,18,19)/t10-/m0/s1. The Morgan fingerprint density at radius 3 is 1.95 bits per heavy atom. The Morgan fingerprint density at radius 1 is 1.05 bits per heavy atom. The van der Waals surface area contributed by atoms with Crippen LogP contribution in [0.3, 0.4) is 0 Å². The van der Waals surface area contributed by atoms with Gasteiger partial charge in [0.2, 0.25) is 10.0 Å². The van der Waals surface area contributed by atoms with Crippen molar-refractivity contribution in [3.05, 3.63) is 53.6 Å². The molecule has 0 fully saturated rings. The first-order valence-electron chi connectivity index (χ1n) is 6.41. The Balaban J connectivity index is 2.25. The lowest BCUT2D eigenvalue weighted by atomic mass is 10.1. The van der Waals surface area contributed by atoms with Crippen molar-refractivity contribution in [2.45, 2.75) is 17.9 Å². The number of aliphatic carboxylic acids is 1. The summed E-state index contributed by atoms with van der Waals surface area (Å²) in [5.41, 5.74) is 1.74. The van der Waals surface area contributed by atoms with Crippen LogP contribution in [0.15, 0.2) is 53.4 Å². The smallest absolute Gasteiger partial charge is 0.321 e. The Kier molecular flexibility index (Phi) is 4.85. The summed E-state index contributed by atoms with van der Waals surface area (Å²) in [7, 11) is -3.86. The molecule has 0 unspecified atom stereocenters. The highest BCUT2D eigenvalue weighted by atomic mass is 35.5. The van der Waals surface area contributed by atoms with E-state index in [-0.39, 0.29) is 4.90 Å². The molecule has 0 heterocycles. The van der Waals surface area contributed by atoms with Gasteiger partial charge in [-0.25, -0.2) is 8.42 Å². The van der Waals surface area contributed by atoms with Crippen LogP contribution in [0.4, 0.5) is 0 Å². The molecule has 0 bridgehead atoms. The Morgan fingerprint density at radius 2 is 1.50 bits per heavy atom. The van der Waals surface area contributed by atoms with Crippen molar-refractivity contribution in [2.75, 3.05) is 0 Å². The normalized spacial score (nSPS) is 12.8. The summed E-state index contributed by atoms with van der Waals surface area (Å²) in [5, 5.41) is 9.39. The Bertz CT molecular complexity index is 770. The quantitative estimate of drug-likeness (QED) is 0.877. The molecule has 0 amide bonds. The second kappa shape index (κ2) is 6.48. The molecule has 0 aliphatic rings. The predicted molar refractivity (Wildman–Crippen MR) is 84.3 cm³/mol. The minimum absolute atomic E-state index is 0.0123. The minimum Gasteiger partial charge on any atom is -0.480 e. The van der Waals surface area contributed by atoms with Gasteiger partial charge in [0, 0.05) is 5.02 Å². The minimum atomic E-state index is -3.86. The van der Waals surface area contributed by atoms with Gasteiger partial charge < -0.3 is 5.11 Å².